The lowest BCUT2D eigenvalue weighted by atomic mass is 10.0. The van der Waals surface area contributed by atoms with Crippen LogP contribution < -0.4 is 20.3 Å². The molecule has 0 amide bonds. The summed E-state index contributed by atoms with van der Waals surface area (Å²) in [5.74, 6) is 0.858. The topological polar surface area (TPSA) is 49.4 Å². The first kappa shape index (κ1) is 16.8. The van der Waals surface area contributed by atoms with Gasteiger partial charge in [0, 0.05) is 18.4 Å². The highest BCUT2D eigenvalue weighted by Crippen LogP contribution is 2.43. The molecule has 5 nitrogen and oxygen atoms in total. The van der Waals surface area contributed by atoms with Gasteiger partial charge in [0.2, 0.25) is 0 Å². The molecule has 2 aliphatic rings. The summed E-state index contributed by atoms with van der Waals surface area (Å²) >= 11 is 12.5. The molecule has 0 aliphatic carbocycles. The summed E-state index contributed by atoms with van der Waals surface area (Å²) in [4.78, 5) is 6.47. The molecular weight excluding hydrogens is 359 g/mol. The van der Waals surface area contributed by atoms with Gasteiger partial charge in [0.1, 0.15) is 6.61 Å². The van der Waals surface area contributed by atoms with Gasteiger partial charge in [-0.2, -0.15) is 0 Å². The number of pyridine rings is 1. The van der Waals surface area contributed by atoms with Crippen LogP contribution in [0.3, 0.4) is 0 Å². The van der Waals surface area contributed by atoms with E-state index in [1.807, 2.05) is 12.1 Å². The molecule has 2 aromatic rings. The number of nitrogens with one attached hydrogen (secondary N) is 2. The Bertz CT molecular complexity index is 744. The number of piperidine rings is 1. The molecule has 0 spiro atoms. The van der Waals surface area contributed by atoms with E-state index < -0.39 is 0 Å². The third-order valence-corrected chi connectivity index (χ3v) is 5.32. The molecule has 1 fully saturated rings. The molecule has 0 atom stereocenters. The molecule has 4 rings (SSSR count). The molecule has 2 aliphatic heterocycles. The quantitative estimate of drug-likeness (QED) is 0.842. The summed E-state index contributed by atoms with van der Waals surface area (Å²) in [5, 5.41) is 7.72. The summed E-state index contributed by atoms with van der Waals surface area (Å²) in [6.07, 6.45) is 5.46. The van der Waals surface area contributed by atoms with Gasteiger partial charge >= 0.3 is 0 Å². The standard InChI is InChI=1S/C18H20Cl2N4O/c19-13-10-22-11-14(20)17(13)23-15-2-1-3-16-18(15)25-9-8-24(16)12-4-6-21-7-5-12/h1-3,10-12,21H,4-9H2,(H,22,23). The van der Waals surface area contributed by atoms with Crippen LogP contribution >= 0.6 is 23.2 Å². The predicted molar refractivity (Wildman–Crippen MR) is 103 cm³/mol. The van der Waals surface area contributed by atoms with E-state index in [0.29, 0.717) is 28.4 Å². The summed E-state index contributed by atoms with van der Waals surface area (Å²) in [5.41, 5.74) is 2.64. The van der Waals surface area contributed by atoms with E-state index in [4.69, 9.17) is 27.9 Å². The van der Waals surface area contributed by atoms with Crippen LogP contribution in [0.1, 0.15) is 12.8 Å². The minimum Gasteiger partial charge on any atom is -0.487 e. The molecule has 0 saturated carbocycles. The Morgan fingerprint density at radius 2 is 1.92 bits per heavy atom. The molecule has 1 saturated heterocycles. The molecule has 25 heavy (non-hydrogen) atoms. The number of hydrogen-bond acceptors (Lipinski definition) is 5. The van der Waals surface area contributed by atoms with Gasteiger partial charge in [-0.05, 0) is 38.1 Å². The monoisotopic (exact) mass is 378 g/mol. The number of halogens is 2. The molecule has 0 bridgehead atoms. The Hall–Kier alpha value is -1.69. The van der Waals surface area contributed by atoms with E-state index in [-0.39, 0.29) is 0 Å². The Morgan fingerprint density at radius 1 is 1.16 bits per heavy atom. The van der Waals surface area contributed by atoms with E-state index in [1.165, 1.54) is 0 Å². The van der Waals surface area contributed by atoms with Crippen LogP contribution in [0.25, 0.3) is 0 Å². The van der Waals surface area contributed by atoms with Gasteiger partial charge in [-0.1, -0.05) is 29.3 Å². The SMILES string of the molecule is Clc1cncc(Cl)c1Nc1cccc2c1OCCN2C1CCNCC1. The van der Waals surface area contributed by atoms with E-state index >= 15 is 0 Å². The summed E-state index contributed by atoms with van der Waals surface area (Å²) < 4.78 is 6.01. The van der Waals surface area contributed by atoms with Crippen molar-refractivity contribution in [1.29, 1.82) is 0 Å². The largest absolute Gasteiger partial charge is 0.487 e. The number of anilines is 3. The second-order valence-corrected chi connectivity index (χ2v) is 7.09. The van der Waals surface area contributed by atoms with Crippen molar-refractivity contribution in [3.05, 3.63) is 40.6 Å². The number of ether oxygens (including phenoxy) is 1. The first-order chi connectivity index (χ1) is 12.2. The molecule has 132 valence electrons. The van der Waals surface area contributed by atoms with Crippen molar-refractivity contribution in [3.63, 3.8) is 0 Å². The van der Waals surface area contributed by atoms with Crippen LogP contribution in [0.4, 0.5) is 17.1 Å². The fraction of sp³-hybridized carbons (Fsp3) is 0.389. The Kier molecular flexibility index (Phi) is 4.88. The van der Waals surface area contributed by atoms with E-state index in [9.17, 15) is 0 Å². The fourth-order valence-corrected chi connectivity index (χ4v) is 3.99. The van der Waals surface area contributed by atoms with Crippen LogP contribution in [0, 0.1) is 0 Å². The van der Waals surface area contributed by atoms with Crippen molar-refractivity contribution < 1.29 is 4.74 Å². The van der Waals surface area contributed by atoms with E-state index in [0.717, 1.165) is 49.6 Å². The second kappa shape index (κ2) is 7.28. The van der Waals surface area contributed by atoms with Gasteiger partial charge < -0.3 is 20.3 Å². The minimum absolute atomic E-state index is 0.483. The van der Waals surface area contributed by atoms with Gasteiger partial charge in [0.05, 0.1) is 33.7 Å². The number of aromatic nitrogens is 1. The zero-order valence-corrected chi connectivity index (χ0v) is 15.3. The first-order valence-electron chi connectivity index (χ1n) is 8.53. The number of nitrogens with zero attached hydrogens (tertiary/aromatic N) is 2. The van der Waals surface area contributed by atoms with Crippen LogP contribution in [-0.2, 0) is 0 Å². The third-order valence-electron chi connectivity index (χ3n) is 4.74. The fourth-order valence-electron chi connectivity index (χ4n) is 3.53. The average molecular weight is 379 g/mol. The van der Waals surface area contributed by atoms with Crippen LogP contribution in [0.2, 0.25) is 10.0 Å². The summed E-state index contributed by atoms with van der Waals surface area (Å²) in [6, 6.07) is 6.69. The number of hydrogen-bond donors (Lipinski definition) is 2. The Labute approximate surface area is 157 Å². The molecule has 7 heteroatoms. The first-order valence-corrected chi connectivity index (χ1v) is 9.29. The van der Waals surface area contributed by atoms with Gasteiger partial charge in [0.25, 0.3) is 0 Å². The third kappa shape index (κ3) is 3.36. The highest BCUT2D eigenvalue weighted by atomic mass is 35.5. The maximum atomic E-state index is 6.25. The molecule has 3 heterocycles. The summed E-state index contributed by atoms with van der Waals surface area (Å²) in [6.45, 7) is 3.72. The number of benzene rings is 1. The van der Waals surface area contributed by atoms with Gasteiger partial charge in [0.15, 0.2) is 5.75 Å². The highest BCUT2D eigenvalue weighted by molar-refractivity contribution is 6.39. The highest BCUT2D eigenvalue weighted by Gasteiger charge is 2.28. The number of fused-ring (bicyclic) bond motifs is 1. The van der Waals surface area contributed by atoms with Gasteiger partial charge in [-0.15, -0.1) is 0 Å². The molecular formula is C18H20Cl2N4O. The van der Waals surface area contributed by atoms with Crippen molar-refractivity contribution in [1.82, 2.24) is 10.3 Å². The van der Waals surface area contributed by atoms with Crippen LogP contribution in [0.5, 0.6) is 5.75 Å². The minimum atomic E-state index is 0.483. The lowest BCUT2D eigenvalue weighted by Crippen LogP contribution is -2.46. The van der Waals surface area contributed by atoms with Gasteiger partial charge in [-0.25, -0.2) is 0 Å². The molecule has 2 N–H and O–H groups in total. The smallest absolute Gasteiger partial charge is 0.166 e. The van der Waals surface area contributed by atoms with Crippen LogP contribution in [0.15, 0.2) is 30.6 Å². The lowest BCUT2D eigenvalue weighted by molar-refractivity contribution is 0.292. The van der Waals surface area contributed by atoms with Crippen molar-refractivity contribution in [2.45, 2.75) is 18.9 Å². The zero-order chi connectivity index (χ0) is 17.2. The predicted octanol–water partition coefficient (Wildman–Crippen LogP) is 4.08. The molecule has 0 radical (unpaired) electrons. The van der Waals surface area contributed by atoms with Crippen molar-refractivity contribution in [3.8, 4) is 5.75 Å². The Morgan fingerprint density at radius 3 is 2.68 bits per heavy atom. The second-order valence-electron chi connectivity index (χ2n) is 6.28. The van der Waals surface area contributed by atoms with Crippen molar-refractivity contribution in [2.24, 2.45) is 0 Å². The van der Waals surface area contributed by atoms with Crippen molar-refractivity contribution in [2.75, 3.05) is 36.5 Å². The molecule has 0 unspecified atom stereocenters. The van der Waals surface area contributed by atoms with E-state index in [2.05, 4.69) is 26.6 Å². The maximum absolute atomic E-state index is 6.25. The van der Waals surface area contributed by atoms with Crippen LogP contribution in [-0.4, -0.2) is 37.3 Å². The van der Waals surface area contributed by atoms with Crippen molar-refractivity contribution >= 4 is 40.3 Å². The van der Waals surface area contributed by atoms with E-state index in [1.54, 1.807) is 12.4 Å². The maximum Gasteiger partial charge on any atom is 0.166 e. The zero-order valence-electron chi connectivity index (χ0n) is 13.8. The number of rotatable bonds is 3. The normalized spacial score (nSPS) is 17.8. The Balaban J connectivity index is 1.67. The summed E-state index contributed by atoms with van der Waals surface area (Å²) in [7, 11) is 0. The number of para-hydroxylation sites is 1. The average Bonchev–Trinajstić information content (AvgIpc) is 2.65. The van der Waals surface area contributed by atoms with Gasteiger partial charge in [-0.3, -0.25) is 4.98 Å². The molecule has 1 aromatic carbocycles. The molecule has 1 aromatic heterocycles. The lowest BCUT2D eigenvalue weighted by Gasteiger charge is -2.40.